The largest absolute Gasteiger partial charge is 0.486 e. The molecule has 1 unspecified atom stereocenters. The molecule has 3 N–H and O–H groups in total. The van der Waals surface area contributed by atoms with Crippen LogP contribution in [-0.2, 0) is 4.79 Å². The second kappa shape index (κ2) is 9.34. The fourth-order valence-corrected chi connectivity index (χ4v) is 4.17. The number of ether oxygens (including phenoxy) is 2. The summed E-state index contributed by atoms with van der Waals surface area (Å²) in [5.41, 5.74) is 2.75. The molecule has 7 nitrogen and oxygen atoms in total. The lowest BCUT2D eigenvalue weighted by Crippen LogP contribution is -2.33. The fourth-order valence-electron chi connectivity index (χ4n) is 3.46. The molecule has 0 saturated carbocycles. The zero-order valence-corrected chi connectivity index (χ0v) is 18.4. The van der Waals surface area contributed by atoms with Crippen molar-refractivity contribution < 1.29 is 14.3 Å². The van der Waals surface area contributed by atoms with E-state index in [1.807, 2.05) is 48.5 Å². The minimum absolute atomic E-state index is 0.0807. The van der Waals surface area contributed by atoms with Crippen LogP contribution >= 0.6 is 11.8 Å². The maximum Gasteiger partial charge on any atom is 0.230 e. The summed E-state index contributed by atoms with van der Waals surface area (Å²) in [6.45, 7) is 5.24. The predicted molar refractivity (Wildman–Crippen MR) is 122 cm³/mol. The Balaban J connectivity index is 1.41. The van der Waals surface area contributed by atoms with Gasteiger partial charge in [-0.3, -0.25) is 4.79 Å². The highest BCUT2D eigenvalue weighted by Gasteiger charge is 2.22. The molecular formula is C23H26N4O3S. The Morgan fingerprint density at radius 3 is 2.65 bits per heavy atom. The van der Waals surface area contributed by atoms with Crippen molar-refractivity contribution in [2.45, 2.75) is 25.0 Å². The van der Waals surface area contributed by atoms with Crippen LogP contribution in [0.3, 0.4) is 0 Å². The first-order valence-electron chi connectivity index (χ1n) is 10.2. The molecule has 3 aromatic rings. The smallest absolute Gasteiger partial charge is 0.230 e. The number of nitrogens with zero attached hydrogens (tertiary/aromatic N) is 2. The molecule has 1 aromatic heterocycles. The third-order valence-corrected chi connectivity index (χ3v) is 5.98. The number of aromatic nitrogens is 2. The summed E-state index contributed by atoms with van der Waals surface area (Å²) >= 11 is 1.31. The van der Waals surface area contributed by atoms with Crippen molar-refractivity contribution in [3.63, 3.8) is 0 Å². The number of nitrogens with one attached hydrogen (secondary N) is 1. The van der Waals surface area contributed by atoms with Gasteiger partial charge < -0.3 is 20.6 Å². The number of amides is 1. The molecule has 2 aromatic carbocycles. The van der Waals surface area contributed by atoms with Crippen molar-refractivity contribution in [2.75, 3.05) is 24.8 Å². The minimum atomic E-state index is -0.138. The van der Waals surface area contributed by atoms with E-state index in [0.717, 1.165) is 28.3 Å². The molecule has 1 aliphatic heterocycles. The van der Waals surface area contributed by atoms with E-state index < -0.39 is 0 Å². The Morgan fingerprint density at radius 1 is 1.16 bits per heavy atom. The van der Waals surface area contributed by atoms with E-state index in [1.54, 1.807) is 6.20 Å². The standard InChI is InChI=1S/C23H26N4O3S/c1-15(2)22(17-8-9-19-20(12-17)30-11-10-29-19)26-21(28)14-31-23-25-18(13-27(23)24)16-6-4-3-5-7-16/h3-9,12-13,15,22H,10-11,14,24H2,1-2H3,(H,26,28). The number of carbonyl (C=O) groups is 1. The topological polar surface area (TPSA) is 91.4 Å². The molecule has 1 aliphatic rings. The fraction of sp³-hybridized carbons (Fsp3) is 0.304. The van der Waals surface area contributed by atoms with E-state index in [9.17, 15) is 4.79 Å². The second-order valence-electron chi connectivity index (χ2n) is 7.66. The lowest BCUT2D eigenvalue weighted by molar-refractivity contribution is -0.119. The van der Waals surface area contributed by atoms with Gasteiger partial charge in [0.05, 0.1) is 23.7 Å². The maximum absolute atomic E-state index is 12.7. The number of hydrogen-bond acceptors (Lipinski definition) is 6. The highest BCUT2D eigenvalue weighted by Crippen LogP contribution is 2.34. The molecule has 0 saturated heterocycles. The van der Waals surface area contributed by atoms with E-state index in [-0.39, 0.29) is 23.6 Å². The zero-order chi connectivity index (χ0) is 21.8. The molecule has 31 heavy (non-hydrogen) atoms. The Kier molecular flexibility index (Phi) is 6.36. The van der Waals surface area contributed by atoms with Crippen molar-refractivity contribution >= 4 is 17.7 Å². The molecule has 8 heteroatoms. The van der Waals surface area contributed by atoms with Crippen molar-refractivity contribution in [2.24, 2.45) is 5.92 Å². The van der Waals surface area contributed by atoms with Crippen LogP contribution in [0.25, 0.3) is 11.3 Å². The lowest BCUT2D eigenvalue weighted by Gasteiger charge is -2.25. The Morgan fingerprint density at radius 2 is 1.90 bits per heavy atom. The monoisotopic (exact) mass is 438 g/mol. The summed E-state index contributed by atoms with van der Waals surface area (Å²) < 4.78 is 12.7. The van der Waals surface area contributed by atoms with Crippen molar-refractivity contribution in [1.82, 2.24) is 15.0 Å². The highest BCUT2D eigenvalue weighted by molar-refractivity contribution is 7.99. The lowest BCUT2D eigenvalue weighted by atomic mass is 9.95. The molecule has 2 heterocycles. The van der Waals surface area contributed by atoms with Gasteiger partial charge in [0.15, 0.2) is 16.7 Å². The van der Waals surface area contributed by atoms with Crippen LogP contribution in [0.2, 0.25) is 0 Å². The first-order chi connectivity index (χ1) is 15.0. The summed E-state index contributed by atoms with van der Waals surface area (Å²) in [6.07, 6.45) is 1.77. The van der Waals surface area contributed by atoms with Gasteiger partial charge in [-0.05, 0) is 23.6 Å². The number of rotatable bonds is 7. The third-order valence-electron chi connectivity index (χ3n) is 5.01. The Bertz CT molecular complexity index is 1050. The third kappa shape index (κ3) is 4.96. The van der Waals surface area contributed by atoms with Crippen LogP contribution in [0.15, 0.2) is 59.9 Å². The van der Waals surface area contributed by atoms with Crippen molar-refractivity contribution in [3.8, 4) is 22.8 Å². The molecule has 0 fully saturated rings. The average Bonchev–Trinajstić information content (AvgIpc) is 3.16. The van der Waals surface area contributed by atoms with Gasteiger partial charge in [0.2, 0.25) is 5.91 Å². The number of nitrogen functional groups attached to an aromatic ring is 1. The van der Waals surface area contributed by atoms with Crippen LogP contribution in [0.4, 0.5) is 0 Å². The van der Waals surface area contributed by atoms with E-state index in [4.69, 9.17) is 15.3 Å². The molecule has 0 bridgehead atoms. The average molecular weight is 439 g/mol. The summed E-state index contributed by atoms with van der Waals surface area (Å²) in [5.74, 6) is 7.85. The number of imidazole rings is 1. The quantitative estimate of drug-likeness (QED) is 0.432. The molecule has 1 atom stereocenters. The van der Waals surface area contributed by atoms with Gasteiger partial charge in [0.25, 0.3) is 0 Å². The molecule has 162 valence electrons. The number of nitrogens with two attached hydrogens (primary N) is 1. The van der Waals surface area contributed by atoms with Gasteiger partial charge in [-0.1, -0.05) is 62.0 Å². The first-order valence-corrected chi connectivity index (χ1v) is 11.2. The second-order valence-corrected chi connectivity index (χ2v) is 8.61. The zero-order valence-electron chi connectivity index (χ0n) is 17.6. The predicted octanol–water partition coefficient (Wildman–Crippen LogP) is 3.64. The van der Waals surface area contributed by atoms with Crippen LogP contribution in [0, 0.1) is 5.92 Å². The number of benzene rings is 2. The number of thioether (sulfide) groups is 1. The molecule has 1 amide bonds. The number of fused-ring (bicyclic) bond motifs is 1. The van der Waals surface area contributed by atoms with Gasteiger partial charge in [-0.25, -0.2) is 9.66 Å². The summed E-state index contributed by atoms with van der Waals surface area (Å²) in [6, 6.07) is 15.5. The number of carbonyl (C=O) groups excluding carboxylic acids is 1. The molecule has 0 radical (unpaired) electrons. The van der Waals surface area contributed by atoms with Gasteiger partial charge >= 0.3 is 0 Å². The Hall–Kier alpha value is -3.13. The normalized spacial score (nSPS) is 13.8. The summed E-state index contributed by atoms with van der Waals surface area (Å²) in [4.78, 5) is 17.3. The van der Waals surface area contributed by atoms with E-state index in [1.165, 1.54) is 16.4 Å². The minimum Gasteiger partial charge on any atom is -0.486 e. The summed E-state index contributed by atoms with van der Waals surface area (Å²) in [5, 5.41) is 3.73. The molecule has 0 aliphatic carbocycles. The van der Waals surface area contributed by atoms with E-state index >= 15 is 0 Å². The van der Waals surface area contributed by atoms with Crippen LogP contribution in [-0.4, -0.2) is 34.5 Å². The van der Waals surface area contributed by atoms with Crippen LogP contribution < -0.4 is 20.6 Å². The van der Waals surface area contributed by atoms with Crippen LogP contribution in [0.1, 0.15) is 25.5 Å². The van der Waals surface area contributed by atoms with E-state index in [2.05, 4.69) is 24.1 Å². The molecule has 4 rings (SSSR count). The summed E-state index contributed by atoms with van der Waals surface area (Å²) in [7, 11) is 0. The van der Waals surface area contributed by atoms with Gasteiger partial charge in [-0.15, -0.1) is 0 Å². The first kappa shape index (κ1) is 21.1. The van der Waals surface area contributed by atoms with Crippen LogP contribution in [0.5, 0.6) is 11.5 Å². The van der Waals surface area contributed by atoms with Gasteiger partial charge in [-0.2, -0.15) is 0 Å². The Labute approximate surface area is 185 Å². The van der Waals surface area contributed by atoms with Gasteiger partial charge in [0, 0.05) is 5.56 Å². The molecule has 0 spiro atoms. The van der Waals surface area contributed by atoms with Gasteiger partial charge in [0.1, 0.15) is 13.2 Å². The van der Waals surface area contributed by atoms with Crippen molar-refractivity contribution in [1.29, 1.82) is 0 Å². The maximum atomic E-state index is 12.7. The highest BCUT2D eigenvalue weighted by atomic mass is 32.2. The molecular weight excluding hydrogens is 412 g/mol. The number of hydrogen-bond donors (Lipinski definition) is 2. The van der Waals surface area contributed by atoms with E-state index in [0.29, 0.717) is 18.4 Å². The van der Waals surface area contributed by atoms with Crippen molar-refractivity contribution in [3.05, 3.63) is 60.3 Å². The SMILES string of the molecule is CC(C)C(NC(=O)CSc1nc(-c2ccccc2)cn1N)c1ccc2c(c1)OCCO2.